The van der Waals surface area contributed by atoms with Crippen LogP contribution in [0.15, 0.2) is 23.3 Å². The normalized spacial score (nSPS) is 17.9. The maximum Gasteiger partial charge on any atom is 0.255 e. The topological polar surface area (TPSA) is 124 Å². The summed E-state index contributed by atoms with van der Waals surface area (Å²) in [7, 11) is 0. The monoisotopic (exact) mass is 395 g/mol. The van der Waals surface area contributed by atoms with E-state index in [9.17, 15) is 14.4 Å². The van der Waals surface area contributed by atoms with Gasteiger partial charge >= 0.3 is 0 Å². The second-order valence-electron chi connectivity index (χ2n) is 6.75. The standard InChI is InChI=1S/C20H21N5O4/c21-24-22-10-1-2-11-29-12-4-6-14-5-3-7-15-16(14)13-25(20(15)28)17-8-9-18(26)23-19(17)27/h3,5,7,17H,1-2,8-13H2,(H,23,26,27). The highest BCUT2D eigenvalue weighted by Crippen LogP contribution is 2.29. The Kier molecular flexibility index (Phi) is 6.85. The Bertz CT molecular complexity index is 927. The lowest BCUT2D eigenvalue weighted by molar-refractivity contribution is -0.136. The number of fused-ring (bicyclic) bond motifs is 1. The molecule has 0 saturated carbocycles. The predicted octanol–water partition coefficient (Wildman–Crippen LogP) is 1.91. The van der Waals surface area contributed by atoms with Crippen molar-refractivity contribution >= 4 is 17.7 Å². The molecule has 3 amide bonds. The highest BCUT2D eigenvalue weighted by Gasteiger charge is 2.39. The zero-order chi connectivity index (χ0) is 20.6. The van der Waals surface area contributed by atoms with E-state index in [0.717, 1.165) is 24.0 Å². The van der Waals surface area contributed by atoms with Gasteiger partial charge in [0.15, 0.2) is 0 Å². The van der Waals surface area contributed by atoms with E-state index >= 15 is 0 Å². The van der Waals surface area contributed by atoms with Gasteiger partial charge in [0.2, 0.25) is 11.8 Å². The van der Waals surface area contributed by atoms with Crippen LogP contribution in [0.1, 0.15) is 47.2 Å². The molecule has 0 aromatic heterocycles. The number of carbonyl (C=O) groups excluding carboxylic acids is 3. The molecule has 0 spiro atoms. The van der Waals surface area contributed by atoms with Gasteiger partial charge < -0.3 is 9.64 Å². The maximum atomic E-state index is 12.8. The highest BCUT2D eigenvalue weighted by molar-refractivity contribution is 6.05. The van der Waals surface area contributed by atoms with Gasteiger partial charge in [-0.1, -0.05) is 23.0 Å². The van der Waals surface area contributed by atoms with Crippen molar-refractivity contribution in [3.8, 4) is 11.8 Å². The first-order valence-corrected chi connectivity index (χ1v) is 9.46. The number of azide groups is 1. The summed E-state index contributed by atoms with van der Waals surface area (Å²) >= 11 is 0. The van der Waals surface area contributed by atoms with Gasteiger partial charge in [0.05, 0.1) is 0 Å². The van der Waals surface area contributed by atoms with Gasteiger partial charge in [-0.05, 0) is 42.5 Å². The lowest BCUT2D eigenvalue weighted by Crippen LogP contribution is -2.52. The van der Waals surface area contributed by atoms with Gasteiger partial charge in [0.25, 0.3) is 5.91 Å². The van der Waals surface area contributed by atoms with Crippen molar-refractivity contribution in [1.82, 2.24) is 10.2 Å². The van der Waals surface area contributed by atoms with E-state index in [4.69, 9.17) is 10.3 Å². The largest absolute Gasteiger partial charge is 0.369 e. The maximum absolute atomic E-state index is 12.8. The third-order valence-electron chi connectivity index (χ3n) is 4.84. The van der Waals surface area contributed by atoms with Crippen LogP contribution >= 0.6 is 0 Å². The van der Waals surface area contributed by atoms with Crippen LogP contribution in [0, 0.1) is 11.8 Å². The smallest absolute Gasteiger partial charge is 0.255 e. The summed E-state index contributed by atoms with van der Waals surface area (Å²) in [5.74, 6) is 5.05. The van der Waals surface area contributed by atoms with E-state index in [0.29, 0.717) is 31.7 Å². The van der Waals surface area contributed by atoms with Gasteiger partial charge in [-0.15, -0.1) is 0 Å². The van der Waals surface area contributed by atoms with Crippen LogP contribution in [0.2, 0.25) is 0 Å². The second-order valence-corrected chi connectivity index (χ2v) is 6.75. The number of unbranched alkanes of at least 4 members (excludes halogenated alkanes) is 1. The molecule has 29 heavy (non-hydrogen) atoms. The average molecular weight is 395 g/mol. The van der Waals surface area contributed by atoms with E-state index < -0.39 is 11.9 Å². The third-order valence-corrected chi connectivity index (χ3v) is 4.84. The Morgan fingerprint density at radius 2 is 2.17 bits per heavy atom. The summed E-state index contributed by atoms with van der Waals surface area (Å²) in [4.78, 5) is 40.5. The SMILES string of the molecule is [N-]=[N+]=NCCCCOCC#Cc1cccc2c1CN(C1CCC(=O)NC1=O)C2=O. The van der Waals surface area contributed by atoms with Crippen molar-refractivity contribution in [2.24, 2.45) is 5.11 Å². The molecular weight excluding hydrogens is 374 g/mol. The van der Waals surface area contributed by atoms with Crippen molar-refractivity contribution in [1.29, 1.82) is 0 Å². The molecule has 2 aliphatic rings. The molecule has 1 aromatic carbocycles. The Balaban J connectivity index is 1.59. The van der Waals surface area contributed by atoms with Crippen molar-refractivity contribution in [3.05, 3.63) is 45.3 Å². The van der Waals surface area contributed by atoms with Crippen molar-refractivity contribution in [3.63, 3.8) is 0 Å². The minimum Gasteiger partial charge on any atom is -0.369 e. The van der Waals surface area contributed by atoms with Gasteiger partial charge in [0, 0.05) is 42.2 Å². The van der Waals surface area contributed by atoms with E-state index in [1.165, 1.54) is 4.90 Å². The molecule has 9 nitrogen and oxygen atoms in total. The molecule has 2 aliphatic heterocycles. The van der Waals surface area contributed by atoms with E-state index in [-0.39, 0.29) is 24.8 Å². The predicted molar refractivity (Wildman–Crippen MR) is 103 cm³/mol. The number of nitrogens with one attached hydrogen (secondary N) is 1. The molecule has 1 unspecified atom stereocenters. The molecule has 1 aromatic rings. The Labute approximate surface area is 168 Å². The highest BCUT2D eigenvalue weighted by atomic mass is 16.5. The van der Waals surface area contributed by atoms with E-state index in [1.54, 1.807) is 12.1 Å². The van der Waals surface area contributed by atoms with E-state index in [1.807, 2.05) is 6.07 Å². The molecule has 1 N–H and O–H groups in total. The zero-order valence-electron chi connectivity index (χ0n) is 15.9. The van der Waals surface area contributed by atoms with Crippen LogP contribution in [0.5, 0.6) is 0 Å². The molecule has 3 rings (SSSR count). The lowest BCUT2D eigenvalue weighted by Gasteiger charge is -2.29. The molecule has 0 radical (unpaired) electrons. The third kappa shape index (κ3) is 4.93. The fraction of sp³-hybridized carbons (Fsp3) is 0.450. The number of piperidine rings is 1. The number of benzene rings is 1. The molecule has 1 fully saturated rings. The number of imide groups is 1. The number of nitrogens with zero attached hydrogens (tertiary/aromatic N) is 4. The van der Waals surface area contributed by atoms with Gasteiger partial charge in [0.1, 0.15) is 12.6 Å². The summed E-state index contributed by atoms with van der Waals surface area (Å²) in [5, 5.41) is 5.76. The lowest BCUT2D eigenvalue weighted by atomic mass is 10.0. The number of carbonyl (C=O) groups is 3. The number of ether oxygens (including phenoxy) is 1. The molecule has 1 atom stereocenters. The van der Waals surface area contributed by atoms with Gasteiger partial charge in [-0.3, -0.25) is 19.7 Å². The first-order chi connectivity index (χ1) is 14.1. The number of hydrogen-bond acceptors (Lipinski definition) is 5. The fourth-order valence-electron chi connectivity index (χ4n) is 3.39. The summed E-state index contributed by atoms with van der Waals surface area (Å²) in [6.07, 6.45) is 2.11. The van der Waals surface area contributed by atoms with E-state index in [2.05, 4.69) is 27.2 Å². The first kappa shape index (κ1) is 20.4. The average Bonchev–Trinajstić information content (AvgIpc) is 3.04. The summed E-state index contributed by atoms with van der Waals surface area (Å²) in [6.45, 7) is 1.55. The van der Waals surface area contributed by atoms with Crippen LogP contribution in [-0.2, 0) is 20.9 Å². The van der Waals surface area contributed by atoms with Crippen molar-refractivity contribution < 1.29 is 19.1 Å². The summed E-state index contributed by atoms with van der Waals surface area (Å²) in [6, 6.07) is 4.70. The first-order valence-electron chi connectivity index (χ1n) is 9.46. The molecule has 0 bridgehead atoms. The molecule has 1 saturated heterocycles. The van der Waals surface area contributed by atoms with Crippen molar-refractivity contribution in [2.45, 2.75) is 38.3 Å². The Morgan fingerprint density at radius 3 is 2.97 bits per heavy atom. The minimum absolute atomic E-state index is 0.213. The second kappa shape index (κ2) is 9.73. The number of amides is 3. The summed E-state index contributed by atoms with van der Waals surface area (Å²) in [5.41, 5.74) is 10.3. The van der Waals surface area contributed by atoms with Crippen LogP contribution in [-0.4, -0.2) is 48.4 Å². The minimum atomic E-state index is -0.637. The molecule has 9 heteroatoms. The quantitative estimate of drug-likeness (QED) is 0.189. The van der Waals surface area contributed by atoms with Crippen molar-refractivity contribution in [2.75, 3.05) is 19.8 Å². The number of hydrogen-bond donors (Lipinski definition) is 1. The molecule has 2 heterocycles. The fourth-order valence-corrected chi connectivity index (χ4v) is 3.39. The molecule has 0 aliphatic carbocycles. The van der Waals surface area contributed by atoms with Crippen LogP contribution in [0.3, 0.4) is 0 Å². The Hall–Kier alpha value is -3.34. The van der Waals surface area contributed by atoms with Crippen LogP contribution < -0.4 is 5.32 Å². The van der Waals surface area contributed by atoms with Gasteiger partial charge in [-0.25, -0.2) is 0 Å². The van der Waals surface area contributed by atoms with Crippen LogP contribution in [0.4, 0.5) is 0 Å². The summed E-state index contributed by atoms with van der Waals surface area (Å²) < 4.78 is 5.45. The molecular formula is C20H21N5O4. The number of rotatable bonds is 7. The Morgan fingerprint density at radius 1 is 1.31 bits per heavy atom. The zero-order valence-corrected chi connectivity index (χ0v) is 15.9. The van der Waals surface area contributed by atoms with Gasteiger partial charge in [-0.2, -0.15) is 0 Å². The van der Waals surface area contributed by atoms with Crippen LogP contribution in [0.25, 0.3) is 10.4 Å². The molecule has 150 valence electrons.